The van der Waals surface area contributed by atoms with Crippen LogP contribution in [-0.2, 0) is 0 Å². The lowest BCUT2D eigenvalue weighted by molar-refractivity contribution is 1.14. The van der Waals surface area contributed by atoms with Gasteiger partial charge in [0.1, 0.15) is 0 Å². The van der Waals surface area contributed by atoms with E-state index in [1.165, 1.54) is 33.0 Å². The highest BCUT2D eigenvalue weighted by molar-refractivity contribution is 6.88. The molecule has 3 rings (SSSR count). The largest absolute Gasteiger partial charge is 0.0775 e. The van der Waals surface area contributed by atoms with Gasteiger partial charge in [0.15, 0.2) is 0 Å². The second-order valence-electron chi connectivity index (χ2n) is 6.85. The summed E-state index contributed by atoms with van der Waals surface area (Å²) in [6, 6.07) is 15.9. The molecule has 0 heterocycles. The minimum absolute atomic E-state index is 1.10. The lowest BCUT2D eigenvalue weighted by Crippen LogP contribution is -2.37. The molecule has 0 atom stereocenters. The molecular weight excluding hydrogens is 268 g/mol. The first kappa shape index (κ1) is 14.3. The molecule has 1 aliphatic rings. The van der Waals surface area contributed by atoms with Gasteiger partial charge in [0.05, 0.1) is 8.07 Å². The van der Waals surface area contributed by atoms with Crippen molar-refractivity contribution in [3.63, 3.8) is 0 Å². The highest BCUT2D eigenvalue weighted by Crippen LogP contribution is 2.35. The molecule has 1 radical (unpaired) electrons. The van der Waals surface area contributed by atoms with Gasteiger partial charge in [-0.15, -0.1) is 0 Å². The Labute approximate surface area is 129 Å². The fourth-order valence-corrected chi connectivity index (χ4v) is 4.07. The summed E-state index contributed by atoms with van der Waals surface area (Å²) in [6.07, 6.45) is 5.76. The summed E-state index contributed by atoms with van der Waals surface area (Å²) in [4.78, 5) is 0. The molecule has 0 nitrogen and oxygen atoms in total. The van der Waals surface area contributed by atoms with Crippen LogP contribution in [-0.4, -0.2) is 8.07 Å². The van der Waals surface area contributed by atoms with Gasteiger partial charge < -0.3 is 0 Å². The third-order valence-corrected chi connectivity index (χ3v) is 6.35. The first-order chi connectivity index (χ1) is 9.99. The molecule has 0 spiro atoms. The van der Waals surface area contributed by atoms with E-state index in [4.69, 9.17) is 0 Å². The average Bonchev–Trinajstić information content (AvgIpc) is 2.89. The normalized spacial score (nSPS) is 14.0. The summed E-state index contributed by atoms with van der Waals surface area (Å²) in [5.41, 5.74) is 6.86. The Kier molecular flexibility index (Phi) is 3.62. The van der Waals surface area contributed by atoms with E-state index < -0.39 is 8.07 Å². The van der Waals surface area contributed by atoms with Crippen molar-refractivity contribution < 1.29 is 0 Å². The van der Waals surface area contributed by atoms with Crippen LogP contribution in [0.1, 0.15) is 24.5 Å². The lowest BCUT2D eigenvalue weighted by Gasteiger charge is -2.17. The van der Waals surface area contributed by atoms with Gasteiger partial charge in [0, 0.05) is 6.42 Å². The first-order valence-corrected chi connectivity index (χ1v) is 11.3. The lowest BCUT2D eigenvalue weighted by atomic mass is 9.97. The number of benzene rings is 2. The Balaban J connectivity index is 2.03. The zero-order valence-corrected chi connectivity index (χ0v) is 14.4. The highest BCUT2D eigenvalue weighted by atomic mass is 28.3. The SMILES string of the molecule is CCC1=Cc2c(cccc2-c2ccc([Si](C)(C)C)cc2)[CH]1. The van der Waals surface area contributed by atoms with E-state index in [1.807, 2.05) is 0 Å². The molecule has 1 heteroatoms. The van der Waals surface area contributed by atoms with Crippen molar-refractivity contribution >= 4 is 19.3 Å². The topological polar surface area (TPSA) is 0 Å². The summed E-state index contributed by atoms with van der Waals surface area (Å²) in [5, 5.41) is 1.52. The third-order valence-electron chi connectivity index (χ3n) is 4.28. The van der Waals surface area contributed by atoms with Crippen LogP contribution >= 0.6 is 0 Å². The van der Waals surface area contributed by atoms with Gasteiger partial charge in [-0.25, -0.2) is 0 Å². The zero-order valence-electron chi connectivity index (χ0n) is 13.4. The number of hydrogen-bond donors (Lipinski definition) is 0. The maximum atomic E-state index is 2.40. The highest BCUT2D eigenvalue weighted by Gasteiger charge is 2.18. The van der Waals surface area contributed by atoms with Gasteiger partial charge in [-0.2, -0.15) is 0 Å². The molecule has 0 aliphatic heterocycles. The van der Waals surface area contributed by atoms with Crippen LogP contribution in [0.5, 0.6) is 0 Å². The fraction of sp³-hybridized carbons (Fsp3) is 0.250. The Morgan fingerprint density at radius 3 is 2.24 bits per heavy atom. The Morgan fingerprint density at radius 2 is 1.62 bits per heavy atom. The molecule has 0 bridgehead atoms. The van der Waals surface area contributed by atoms with Gasteiger partial charge in [-0.05, 0) is 28.7 Å². The Bertz CT molecular complexity index is 685. The molecule has 0 saturated heterocycles. The zero-order chi connectivity index (χ0) is 15.0. The van der Waals surface area contributed by atoms with E-state index in [0.717, 1.165) is 6.42 Å². The smallest absolute Gasteiger partial charge is 0.0656 e. The summed E-state index contributed by atoms with van der Waals surface area (Å²) in [7, 11) is -1.21. The summed E-state index contributed by atoms with van der Waals surface area (Å²) in [5.74, 6) is 0. The molecule has 0 amide bonds. The van der Waals surface area contributed by atoms with Crippen LogP contribution in [0.15, 0.2) is 48.0 Å². The maximum absolute atomic E-state index is 2.40. The Morgan fingerprint density at radius 1 is 0.905 bits per heavy atom. The predicted molar refractivity (Wildman–Crippen MR) is 96.5 cm³/mol. The minimum Gasteiger partial charge on any atom is -0.0656 e. The molecule has 0 unspecified atom stereocenters. The molecule has 1 aliphatic carbocycles. The average molecular weight is 291 g/mol. The van der Waals surface area contributed by atoms with Crippen LogP contribution in [0.3, 0.4) is 0 Å². The molecule has 0 N–H and O–H groups in total. The molecular formula is C20H23Si. The van der Waals surface area contributed by atoms with Gasteiger partial charge in [-0.3, -0.25) is 0 Å². The number of allylic oxidation sites excluding steroid dienone is 1. The monoisotopic (exact) mass is 291 g/mol. The summed E-state index contributed by atoms with van der Waals surface area (Å²) >= 11 is 0. The number of fused-ring (bicyclic) bond motifs is 1. The van der Waals surface area contributed by atoms with Crippen LogP contribution in [0.2, 0.25) is 19.6 Å². The molecule has 0 saturated carbocycles. The van der Waals surface area contributed by atoms with Crippen LogP contribution in [0.25, 0.3) is 17.2 Å². The van der Waals surface area contributed by atoms with Crippen molar-refractivity contribution in [2.75, 3.05) is 0 Å². The van der Waals surface area contributed by atoms with Gasteiger partial charge in [0.2, 0.25) is 0 Å². The molecule has 2 aromatic carbocycles. The van der Waals surface area contributed by atoms with E-state index in [-0.39, 0.29) is 0 Å². The van der Waals surface area contributed by atoms with Crippen LogP contribution in [0.4, 0.5) is 0 Å². The molecule has 2 aromatic rings. The van der Waals surface area contributed by atoms with Gasteiger partial charge >= 0.3 is 0 Å². The van der Waals surface area contributed by atoms with E-state index >= 15 is 0 Å². The third kappa shape index (κ3) is 2.75. The summed E-state index contributed by atoms with van der Waals surface area (Å²) in [6.45, 7) is 9.41. The Hall–Kier alpha value is -1.60. The van der Waals surface area contributed by atoms with E-state index in [0.29, 0.717) is 0 Å². The first-order valence-electron chi connectivity index (χ1n) is 7.78. The summed E-state index contributed by atoms with van der Waals surface area (Å²) < 4.78 is 0. The number of rotatable bonds is 3. The van der Waals surface area contributed by atoms with Gasteiger partial charge in [-0.1, -0.05) is 85.9 Å². The molecule has 0 aromatic heterocycles. The van der Waals surface area contributed by atoms with E-state index in [2.05, 4.69) is 81.5 Å². The van der Waals surface area contributed by atoms with Crippen molar-refractivity contribution in [2.24, 2.45) is 0 Å². The standard InChI is InChI=1S/C20H23Si/c1-5-15-13-17-7-6-8-19(20(17)14-15)16-9-11-18(12-10-16)21(2,3)4/h6-14H,5H2,1-4H3. The maximum Gasteiger partial charge on any atom is 0.0775 e. The second-order valence-corrected chi connectivity index (χ2v) is 11.9. The van der Waals surface area contributed by atoms with Gasteiger partial charge in [0.25, 0.3) is 0 Å². The molecule has 21 heavy (non-hydrogen) atoms. The minimum atomic E-state index is -1.21. The molecule has 107 valence electrons. The van der Waals surface area contributed by atoms with Crippen LogP contribution < -0.4 is 5.19 Å². The second kappa shape index (κ2) is 5.30. The van der Waals surface area contributed by atoms with Crippen molar-refractivity contribution in [3.05, 3.63) is 65.6 Å². The van der Waals surface area contributed by atoms with E-state index in [1.54, 1.807) is 0 Å². The quantitative estimate of drug-likeness (QED) is 0.677. The van der Waals surface area contributed by atoms with E-state index in [9.17, 15) is 0 Å². The predicted octanol–water partition coefficient (Wildman–Crippen LogP) is 5.26. The molecule has 0 fully saturated rings. The number of hydrogen-bond acceptors (Lipinski definition) is 0. The van der Waals surface area contributed by atoms with Crippen LogP contribution in [0, 0.1) is 6.42 Å². The van der Waals surface area contributed by atoms with Crippen molar-refractivity contribution in [2.45, 2.75) is 33.0 Å². The van der Waals surface area contributed by atoms with Crippen molar-refractivity contribution in [3.8, 4) is 11.1 Å². The van der Waals surface area contributed by atoms with Crippen molar-refractivity contribution in [1.82, 2.24) is 0 Å². The van der Waals surface area contributed by atoms with Crippen molar-refractivity contribution in [1.29, 1.82) is 0 Å². The fourth-order valence-electron chi connectivity index (χ4n) is 2.90.